The molecule has 0 spiro atoms. The van der Waals surface area contributed by atoms with Gasteiger partial charge in [0.2, 0.25) is 0 Å². The summed E-state index contributed by atoms with van der Waals surface area (Å²) in [4.78, 5) is 12.8. The number of hydrogen-bond acceptors (Lipinski definition) is 4. The maximum atomic E-state index is 12.8. The molecular weight excluding hydrogens is 461 g/mol. The highest BCUT2D eigenvalue weighted by Gasteiger charge is 2.18. The molecule has 33 heavy (non-hydrogen) atoms. The van der Waals surface area contributed by atoms with Gasteiger partial charge in [-0.15, -0.1) is 0 Å². The molecule has 2 aromatic heterocycles. The van der Waals surface area contributed by atoms with Gasteiger partial charge in [0.25, 0.3) is 5.91 Å². The first-order valence-electron chi connectivity index (χ1n) is 10.4. The minimum Gasteiger partial charge on any atom is -0.486 e. The number of nitrogens with one attached hydrogen (secondary N) is 1. The van der Waals surface area contributed by atoms with Crippen LogP contribution in [0.25, 0.3) is 0 Å². The zero-order chi connectivity index (χ0) is 23.5. The highest BCUT2D eigenvalue weighted by molar-refractivity contribution is 6.31. The number of hydrogen-bond donors (Lipinski definition) is 1. The lowest BCUT2D eigenvalue weighted by molar-refractivity contribution is 0.0992. The maximum Gasteiger partial charge on any atom is 0.291 e. The van der Waals surface area contributed by atoms with Gasteiger partial charge in [-0.3, -0.25) is 9.48 Å². The highest BCUT2D eigenvalue weighted by Crippen LogP contribution is 2.24. The lowest BCUT2D eigenvalue weighted by atomic mass is 10.2. The third kappa shape index (κ3) is 5.41. The number of aromatic nitrogens is 2. The summed E-state index contributed by atoms with van der Waals surface area (Å²) in [7, 11) is 0. The third-order valence-electron chi connectivity index (χ3n) is 5.24. The Bertz CT molecular complexity index is 1310. The van der Waals surface area contributed by atoms with E-state index in [2.05, 4.69) is 10.4 Å². The van der Waals surface area contributed by atoms with Crippen LogP contribution in [-0.4, -0.2) is 15.7 Å². The first-order chi connectivity index (χ1) is 15.8. The molecule has 4 aromatic rings. The van der Waals surface area contributed by atoms with Crippen molar-refractivity contribution < 1.29 is 13.9 Å². The Morgan fingerprint density at radius 2 is 1.91 bits per heavy atom. The van der Waals surface area contributed by atoms with E-state index in [-0.39, 0.29) is 18.3 Å². The van der Waals surface area contributed by atoms with Crippen LogP contribution in [0.2, 0.25) is 10.0 Å². The van der Waals surface area contributed by atoms with Crippen molar-refractivity contribution >= 4 is 34.8 Å². The van der Waals surface area contributed by atoms with E-state index in [4.69, 9.17) is 32.4 Å². The molecule has 0 radical (unpaired) electrons. The molecular formula is C25H23Cl2N3O3. The van der Waals surface area contributed by atoms with Gasteiger partial charge in [-0.2, -0.15) is 5.10 Å². The fraction of sp³-hybridized carbons (Fsp3) is 0.200. The summed E-state index contributed by atoms with van der Waals surface area (Å²) in [6.45, 7) is 6.42. The monoisotopic (exact) mass is 483 g/mol. The molecule has 0 bridgehead atoms. The summed E-state index contributed by atoms with van der Waals surface area (Å²) in [6, 6.07) is 16.4. The molecule has 0 aliphatic carbocycles. The molecule has 0 aliphatic heterocycles. The van der Waals surface area contributed by atoms with Crippen LogP contribution < -0.4 is 10.1 Å². The number of benzene rings is 2. The minimum absolute atomic E-state index is 0.197. The van der Waals surface area contributed by atoms with Crippen LogP contribution in [0, 0.1) is 20.8 Å². The average Bonchev–Trinajstić information content (AvgIpc) is 3.35. The number of ether oxygens (including phenoxy) is 1. The van der Waals surface area contributed by atoms with E-state index in [1.54, 1.807) is 24.3 Å². The fourth-order valence-electron chi connectivity index (χ4n) is 3.45. The van der Waals surface area contributed by atoms with Crippen molar-refractivity contribution in [1.29, 1.82) is 0 Å². The van der Waals surface area contributed by atoms with Crippen molar-refractivity contribution in [3.63, 3.8) is 0 Å². The van der Waals surface area contributed by atoms with E-state index in [1.165, 1.54) is 0 Å². The molecule has 0 atom stereocenters. The molecule has 2 heterocycles. The largest absolute Gasteiger partial charge is 0.486 e. The first-order valence-corrected chi connectivity index (χ1v) is 11.1. The van der Waals surface area contributed by atoms with Gasteiger partial charge >= 0.3 is 0 Å². The second-order valence-electron chi connectivity index (χ2n) is 7.75. The van der Waals surface area contributed by atoms with Crippen LogP contribution >= 0.6 is 23.2 Å². The normalized spacial score (nSPS) is 10.9. The number of nitrogens with zero attached hydrogens (tertiary/aromatic N) is 2. The molecule has 4 rings (SSSR count). The molecule has 8 heteroatoms. The molecule has 0 aliphatic rings. The highest BCUT2D eigenvalue weighted by atomic mass is 35.5. The molecule has 1 amide bonds. The Balaban J connectivity index is 1.42. The fourth-order valence-corrected chi connectivity index (χ4v) is 3.78. The summed E-state index contributed by atoms with van der Waals surface area (Å²) in [6.07, 6.45) is 0. The van der Waals surface area contributed by atoms with E-state index in [0.717, 1.165) is 22.5 Å². The third-order valence-corrected chi connectivity index (χ3v) is 5.90. The Hall–Kier alpha value is -3.22. The number of halogens is 2. The zero-order valence-electron chi connectivity index (χ0n) is 18.5. The van der Waals surface area contributed by atoms with E-state index in [0.29, 0.717) is 33.8 Å². The van der Waals surface area contributed by atoms with Gasteiger partial charge < -0.3 is 14.5 Å². The quantitative estimate of drug-likeness (QED) is 0.321. The van der Waals surface area contributed by atoms with Crippen LogP contribution in [0.1, 0.15) is 38.8 Å². The van der Waals surface area contributed by atoms with E-state index in [1.807, 2.05) is 55.8 Å². The van der Waals surface area contributed by atoms with E-state index < -0.39 is 0 Å². The van der Waals surface area contributed by atoms with Crippen LogP contribution in [0.5, 0.6) is 5.75 Å². The Morgan fingerprint density at radius 1 is 1.09 bits per heavy atom. The van der Waals surface area contributed by atoms with Gasteiger partial charge in [-0.25, -0.2) is 0 Å². The predicted molar refractivity (Wildman–Crippen MR) is 129 cm³/mol. The van der Waals surface area contributed by atoms with Crippen LogP contribution in [0.4, 0.5) is 5.69 Å². The van der Waals surface area contributed by atoms with Gasteiger partial charge in [0.15, 0.2) is 5.76 Å². The van der Waals surface area contributed by atoms with Crippen molar-refractivity contribution in [3.05, 3.63) is 98.7 Å². The van der Waals surface area contributed by atoms with Gasteiger partial charge in [0, 0.05) is 10.0 Å². The van der Waals surface area contributed by atoms with Crippen molar-refractivity contribution in [2.45, 2.75) is 33.9 Å². The predicted octanol–water partition coefficient (Wildman–Crippen LogP) is 6.59. The van der Waals surface area contributed by atoms with Gasteiger partial charge in [-0.1, -0.05) is 35.3 Å². The molecule has 0 saturated carbocycles. The summed E-state index contributed by atoms with van der Waals surface area (Å²) >= 11 is 12.1. The number of carbonyl (C=O) groups is 1. The van der Waals surface area contributed by atoms with Crippen molar-refractivity contribution in [3.8, 4) is 5.75 Å². The average molecular weight is 484 g/mol. The molecule has 0 fully saturated rings. The Kier molecular flexibility index (Phi) is 6.77. The molecule has 2 aromatic carbocycles. The van der Waals surface area contributed by atoms with Crippen molar-refractivity contribution in [2.75, 3.05) is 5.32 Å². The molecule has 0 unspecified atom stereocenters. The second-order valence-corrected chi connectivity index (χ2v) is 8.60. The number of amides is 1. The molecule has 1 N–H and O–H groups in total. The molecule has 6 nitrogen and oxygen atoms in total. The van der Waals surface area contributed by atoms with E-state index >= 15 is 0 Å². The smallest absolute Gasteiger partial charge is 0.291 e. The summed E-state index contributed by atoms with van der Waals surface area (Å²) in [5.41, 5.74) is 4.17. The number of aryl methyl sites for hydroxylation is 2. The maximum absolute atomic E-state index is 12.8. The zero-order valence-corrected chi connectivity index (χ0v) is 20.0. The number of anilines is 1. The Morgan fingerprint density at radius 3 is 2.67 bits per heavy atom. The lowest BCUT2D eigenvalue weighted by Crippen LogP contribution is -2.12. The SMILES string of the molecule is Cc1cc(OCc2ccc(C(=O)Nc3c(C)nn(Cc4cccc(Cl)c4)c3C)o2)ccc1Cl. The van der Waals surface area contributed by atoms with Gasteiger partial charge in [0.05, 0.1) is 23.6 Å². The topological polar surface area (TPSA) is 69.3 Å². The van der Waals surface area contributed by atoms with Gasteiger partial charge in [-0.05, 0) is 74.4 Å². The molecule has 170 valence electrons. The number of rotatable bonds is 7. The summed E-state index contributed by atoms with van der Waals surface area (Å²) in [5, 5.41) is 8.83. The Labute approximate surface area is 202 Å². The summed E-state index contributed by atoms with van der Waals surface area (Å²) < 4.78 is 13.3. The van der Waals surface area contributed by atoms with Crippen LogP contribution in [0.3, 0.4) is 0 Å². The summed E-state index contributed by atoms with van der Waals surface area (Å²) in [5.74, 6) is 1.06. The lowest BCUT2D eigenvalue weighted by Gasteiger charge is -2.07. The van der Waals surface area contributed by atoms with Crippen molar-refractivity contribution in [1.82, 2.24) is 9.78 Å². The van der Waals surface area contributed by atoms with Crippen LogP contribution in [-0.2, 0) is 13.2 Å². The van der Waals surface area contributed by atoms with Crippen LogP contribution in [0.15, 0.2) is 59.0 Å². The van der Waals surface area contributed by atoms with E-state index in [9.17, 15) is 4.79 Å². The minimum atomic E-state index is -0.350. The standard InChI is InChI=1S/C25H23Cl2N3O3/c1-15-11-20(7-9-22(15)27)32-14-21-8-10-23(33-21)25(31)28-24-16(2)29-30(17(24)3)13-18-5-4-6-19(26)12-18/h4-12H,13-14H2,1-3H3,(H,28,31). The van der Waals surface area contributed by atoms with Gasteiger partial charge in [0.1, 0.15) is 18.1 Å². The first kappa shape index (κ1) is 23.0. The number of furan rings is 1. The number of carbonyl (C=O) groups excluding carboxylic acids is 1. The molecule has 0 saturated heterocycles. The second kappa shape index (κ2) is 9.73. The van der Waals surface area contributed by atoms with Crippen molar-refractivity contribution in [2.24, 2.45) is 0 Å².